The maximum atomic E-state index is 12.4. The van der Waals surface area contributed by atoms with Crippen molar-refractivity contribution in [3.8, 4) is 5.75 Å². The van der Waals surface area contributed by atoms with Crippen molar-refractivity contribution in [3.05, 3.63) is 59.7 Å². The van der Waals surface area contributed by atoms with Crippen LogP contribution in [0.3, 0.4) is 0 Å². The number of carbonyl (C=O) groups excluding carboxylic acids is 1. The van der Waals surface area contributed by atoms with Crippen LogP contribution >= 0.6 is 0 Å². The highest BCUT2D eigenvalue weighted by Gasteiger charge is 2.22. The fourth-order valence-electron chi connectivity index (χ4n) is 3.50. The number of nitrogens with one attached hydrogen (secondary N) is 2. The zero-order valence-electron chi connectivity index (χ0n) is 16.7. The molecule has 0 radical (unpaired) electrons. The molecule has 1 aliphatic carbocycles. The highest BCUT2D eigenvalue weighted by atomic mass is 32.2. The Labute approximate surface area is 172 Å². The van der Waals surface area contributed by atoms with E-state index in [1.54, 1.807) is 31.4 Å². The van der Waals surface area contributed by atoms with E-state index in [1.165, 1.54) is 0 Å². The van der Waals surface area contributed by atoms with Crippen LogP contribution in [-0.2, 0) is 27.7 Å². The Bertz CT molecular complexity index is 903. The van der Waals surface area contributed by atoms with Crippen molar-refractivity contribution < 1.29 is 17.9 Å². The van der Waals surface area contributed by atoms with E-state index >= 15 is 0 Å². The van der Waals surface area contributed by atoms with Gasteiger partial charge in [0.2, 0.25) is 15.9 Å². The fourth-order valence-corrected chi connectivity index (χ4v) is 4.81. The quantitative estimate of drug-likeness (QED) is 0.658. The highest BCUT2D eigenvalue weighted by molar-refractivity contribution is 7.89. The molecule has 0 aromatic heterocycles. The molecule has 6 nitrogen and oxygen atoms in total. The molecule has 1 fully saturated rings. The lowest BCUT2D eigenvalue weighted by molar-refractivity contribution is -0.120. The number of hydrogen-bond acceptors (Lipinski definition) is 4. The average Bonchev–Trinajstić information content (AvgIpc) is 3.21. The summed E-state index contributed by atoms with van der Waals surface area (Å²) >= 11 is 0. The lowest BCUT2D eigenvalue weighted by Crippen LogP contribution is -2.32. The number of ether oxygens (including phenoxy) is 1. The van der Waals surface area contributed by atoms with Gasteiger partial charge in [0.1, 0.15) is 5.75 Å². The Kier molecular flexibility index (Phi) is 7.28. The maximum absolute atomic E-state index is 12.4. The predicted molar refractivity (Wildman–Crippen MR) is 112 cm³/mol. The normalized spacial score (nSPS) is 14.7. The first-order valence-corrected chi connectivity index (χ1v) is 11.5. The van der Waals surface area contributed by atoms with Crippen LogP contribution in [-0.4, -0.2) is 34.0 Å². The van der Waals surface area contributed by atoms with Crippen molar-refractivity contribution in [1.29, 1.82) is 0 Å². The van der Waals surface area contributed by atoms with E-state index in [9.17, 15) is 13.2 Å². The summed E-state index contributed by atoms with van der Waals surface area (Å²) in [6.07, 6.45) is 4.94. The molecule has 3 rings (SSSR count). The van der Waals surface area contributed by atoms with Gasteiger partial charge in [0.05, 0.1) is 18.4 Å². The van der Waals surface area contributed by atoms with Gasteiger partial charge < -0.3 is 10.1 Å². The van der Waals surface area contributed by atoms with E-state index in [0.29, 0.717) is 19.4 Å². The maximum Gasteiger partial charge on any atom is 0.240 e. The monoisotopic (exact) mass is 416 g/mol. The van der Waals surface area contributed by atoms with Crippen molar-refractivity contribution in [2.24, 2.45) is 0 Å². The summed E-state index contributed by atoms with van der Waals surface area (Å²) in [5.74, 6) is 0.716. The first-order valence-electron chi connectivity index (χ1n) is 9.97. The molecule has 29 heavy (non-hydrogen) atoms. The molecule has 0 bridgehead atoms. The minimum atomic E-state index is -3.46. The summed E-state index contributed by atoms with van der Waals surface area (Å²) in [4.78, 5) is 12.4. The Morgan fingerprint density at radius 3 is 2.24 bits per heavy atom. The molecular formula is C22H28N2O4S. The average molecular weight is 417 g/mol. The molecule has 0 unspecified atom stereocenters. The van der Waals surface area contributed by atoms with Crippen molar-refractivity contribution in [1.82, 2.24) is 10.0 Å². The van der Waals surface area contributed by atoms with Crippen molar-refractivity contribution in [2.75, 3.05) is 13.7 Å². The summed E-state index contributed by atoms with van der Waals surface area (Å²) in [5, 5.41) is 2.90. The summed E-state index contributed by atoms with van der Waals surface area (Å²) in [6, 6.07) is 14.3. The molecule has 156 valence electrons. The Morgan fingerprint density at radius 2 is 1.62 bits per heavy atom. The third-order valence-corrected chi connectivity index (χ3v) is 6.71. The van der Waals surface area contributed by atoms with E-state index in [1.807, 2.05) is 24.3 Å². The Hall–Kier alpha value is -2.38. The van der Waals surface area contributed by atoms with Gasteiger partial charge in [0.25, 0.3) is 0 Å². The molecular weight excluding hydrogens is 388 g/mol. The summed E-state index contributed by atoms with van der Waals surface area (Å²) in [7, 11) is -1.86. The van der Waals surface area contributed by atoms with Gasteiger partial charge in [-0.25, -0.2) is 13.1 Å². The van der Waals surface area contributed by atoms with E-state index < -0.39 is 10.0 Å². The molecule has 0 aliphatic heterocycles. The lowest BCUT2D eigenvalue weighted by atomic mass is 10.1. The number of rotatable bonds is 9. The van der Waals surface area contributed by atoms with E-state index in [2.05, 4.69) is 10.0 Å². The molecule has 0 atom stereocenters. The van der Waals surface area contributed by atoms with Crippen molar-refractivity contribution >= 4 is 15.9 Å². The Morgan fingerprint density at radius 1 is 1.00 bits per heavy atom. The smallest absolute Gasteiger partial charge is 0.240 e. The van der Waals surface area contributed by atoms with Gasteiger partial charge in [-0.05, 0) is 54.7 Å². The lowest BCUT2D eigenvalue weighted by Gasteiger charge is -2.13. The van der Waals surface area contributed by atoms with Crippen LogP contribution < -0.4 is 14.8 Å². The minimum absolute atomic E-state index is 0.0462. The van der Waals surface area contributed by atoms with Gasteiger partial charge in [0.15, 0.2) is 0 Å². The van der Waals surface area contributed by atoms with Crippen LogP contribution in [0.5, 0.6) is 5.75 Å². The molecule has 7 heteroatoms. The van der Waals surface area contributed by atoms with Crippen LogP contribution in [0.1, 0.15) is 36.8 Å². The number of methoxy groups -OCH3 is 1. The van der Waals surface area contributed by atoms with Crippen LogP contribution in [0.2, 0.25) is 0 Å². The third kappa shape index (κ3) is 6.30. The zero-order valence-corrected chi connectivity index (χ0v) is 17.5. The molecule has 0 spiro atoms. The molecule has 2 aromatic rings. The third-order valence-electron chi connectivity index (χ3n) is 5.17. The second kappa shape index (κ2) is 9.89. The van der Waals surface area contributed by atoms with E-state index in [4.69, 9.17) is 4.74 Å². The second-order valence-electron chi connectivity index (χ2n) is 7.37. The topological polar surface area (TPSA) is 84.5 Å². The molecule has 0 heterocycles. The standard InChI is InChI=1S/C22H28N2O4S/c1-28-20-10-6-18(7-11-20)16-22(25)23-15-14-17-8-12-21(13-9-17)29(26,27)24-19-4-2-3-5-19/h6-13,19,24H,2-5,14-16H2,1H3,(H,23,25). The largest absolute Gasteiger partial charge is 0.497 e. The van der Waals surface area contributed by atoms with Gasteiger partial charge in [-0.2, -0.15) is 0 Å². The highest BCUT2D eigenvalue weighted by Crippen LogP contribution is 2.20. The van der Waals surface area contributed by atoms with Crippen LogP contribution in [0.4, 0.5) is 0 Å². The van der Waals surface area contributed by atoms with Crippen molar-refractivity contribution in [3.63, 3.8) is 0 Å². The van der Waals surface area contributed by atoms with Gasteiger partial charge in [-0.3, -0.25) is 4.79 Å². The fraction of sp³-hybridized carbons (Fsp3) is 0.409. The van der Waals surface area contributed by atoms with E-state index in [-0.39, 0.29) is 16.8 Å². The number of benzene rings is 2. The number of amides is 1. The van der Waals surface area contributed by atoms with Gasteiger partial charge in [-0.15, -0.1) is 0 Å². The van der Waals surface area contributed by atoms with Crippen LogP contribution in [0, 0.1) is 0 Å². The number of carbonyl (C=O) groups is 1. The number of hydrogen-bond donors (Lipinski definition) is 2. The summed E-state index contributed by atoms with van der Waals surface area (Å²) < 4.78 is 32.8. The van der Waals surface area contributed by atoms with Crippen molar-refractivity contribution in [2.45, 2.75) is 49.5 Å². The molecule has 1 aliphatic rings. The second-order valence-corrected chi connectivity index (χ2v) is 9.09. The van der Waals surface area contributed by atoms with E-state index in [0.717, 1.165) is 42.6 Å². The summed E-state index contributed by atoms with van der Waals surface area (Å²) in [5.41, 5.74) is 1.90. The molecule has 1 saturated carbocycles. The Balaban J connectivity index is 1.45. The first-order chi connectivity index (χ1) is 14.0. The van der Waals surface area contributed by atoms with Crippen LogP contribution in [0.25, 0.3) is 0 Å². The molecule has 2 aromatic carbocycles. The zero-order chi connectivity index (χ0) is 20.7. The molecule has 2 N–H and O–H groups in total. The minimum Gasteiger partial charge on any atom is -0.497 e. The molecule has 0 saturated heterocycles. The number of sulfonamides is 1. The van der Waals surface area contributed by atoms with Crippen LogP contribution in [0.15, 0.2) is 53.4 Å². The predicted octanol–water partition coefficient (Wildman–Crippen LogP) is 2.82. The first kappa shape index (κ1) is 21.3. The van der Waals surface area contributed by atoms with Gasteiger partial charge in [-0.1, -0.05) is 37.1 Å². The molecule has 1 amide bonds. The SMILES string of the molecule is COc1ccc(CC(=O)NCCc2ccc(S(=O)(=O)NC3CCCC3)cc2)cc1. The van der Waals surface area contributed by atoms with Gasteiger partial charge in [0, 0.05) is 12.6 Å². The van der Waals surface area contributed by atoms with Gasteiger partial charge >= 0.3 is 0 Å². The summed E-state index contributed by atoms with van der Waals surface area (Å²) in [6.45, 7) is 0.501.